The molecule has 0 unspecified atom stereocenters. The zero-order valence-corrected chi connectivity index (χ0v) is 18.9. The van der Waals surface area contributed by atoms with Gasteiger partial charge in [-0.25, -0.2) is 9.89 Å². The van der Waals surface area contributed by atoms with Crippen molar-refractivity contribution in [2.75, 3.05) is 5.32 Å². The third kappa shape index (κ3) is 4.28. The van der Waals surface area contributed by atoms with Crippen LogP contribution >= 0.6 is 11.8 Å². The lowest BCUT2D eigenvalue weighted by Crippen LogP contribution is -2.42. The summed E-state index contributed by atoms with van der Waals surface area (Å²) >= 11 is 1.28. The minimum atomic E-state index is -0.443. The SMILES string of the molecule is Cc1ccccc1NC(=O)[C@@H](C)SC1=Nc2ccccc2C2=N[C@@H](CC(C)C)C(=O)N12. The van der Waals surface area contributed by atoms with Crippen molar-refractivity contribution in [3.63, 3.8) is 0 Å². The molecule has 160 valence electrons. The molecule has 0 spiro atoms. The lowest BCUT2D eigenvalue weighted by atomic mass is 10.0. The Labute approximate surface area is 186 Å². The maximum atomic E-state index is 13.2. The molecule has 4 rings (SSSR count). The Morgan fingerprint density at radius 1 is 1.13 bits per heavy atom. The van der Waals surface area contributed by atoms with Crippen LogP contribution in [0.4, 0.5) is 11.4 Å². The van der Waals surface area contributed by atoms with Crippen molar-refractivity contribution < 1.29 is 9.59 Å². The van der Waals surface area contributed by atoms with Gasteiger partial charge >= 0.3 is 0 Å². The van der Waals surface area contributed by atoms with Gasteiger partial charge in [0.1, 0.15) is 11.9 Å². The van der Waals surface area contributed by atoms with E-state index in [0.717, 1.165) is 22.5 Å². The van der Waals surface area contributed by atoms with E-state index in [9.17, 15) is 9.59 Å². The summed E-state index contributed by atoms with van der Waals surface area (Å²) in [5.41, 5.74) is 3.40. The summed E-state index contributed by atoms with van der Waals surface area (Å²) < 4.78 is 0. The summed E-state index contributed by atoms with van der Waals surface area (Å²) in [7, 11) is 0. The lowest BCUT2D eigenvalue weighted by molar-refractivity contribution is -0.125. The number of amides is 2. The lowest BCUT2D eigenvalue weighted by Gasteiger charge is -2.27. The number of nitrogens with one attached hydrogen (secondary N) is 1. The first kappa shape index (κ1) is 21.3. The number of para-hydroxylation sites is 2. The van der Waals surface area contributed by atoms with E-state index in [1.807, 2.05) is 62.4 Å². The fraction of sp³-hybridized carbons (Fsp3) is 0.333. The monoisotopic (exact) mass is 434 g/mol. The van der Waals surface area contributed by atoms with E-state index >= 15 is 0 Å². The summed E-state index contributed by atoms with van der Waals surface area (Å²) in [4.78, 5) is 37.1. The topological polar surface area (TPSA) is 74.1 Å². The second-order valence-corrected chi connectivity index (χ2v) is 9.56. The van der Waals surface area contributed by atoms with Crippen LogP contribution in [0, 0.1) is 12.8 Å². The quantitative estimate of drug-likeness (QED) is 0.737. The van der Waals surface area contributed by atoms with Crippen LogP contribution in [0.5, 0.6) is 0 Å². The maximum Gasteiger partial charge on any atom is 0.259 e. The van der Waals surface area contributed by atoms with Crippen molar-refractivity contribution in [1.82, 2.24) is 4.90 Å². The Hall–Kier alpha value is -2.93. The minimum absolute atomic E-state index is 0.0732. The molecule has 2 aromatic carbocycles. The van der Waals surface area contributed by atoms with E-state index in [0.29, 0.717) is 23.3 Å². The van der Waals surface area contributed by atoms with E-state index in [1.165, 1.54) is 11.8 Å². The molecule has 1 N–H and O–H groups in total. The van der Waals surface area contributed by atoms with E-state index in [2.05, 4.69) is 19.2 Å². The molecule has 2 amide bonds. The molecule has 7 heteroatoms. The highest BCUT2D eigenvalue weighted by Crippen LogP contribution is 2.35. The highest BCUT2D eigenvalue weighted by Gasteiger charge is 2.42. The first-order chi connectivity index (χ1) is 14.8. The molecular weight excluding hydrogens is 408 g/mol. The average molecular weight is 435 g/mol. The molecule has 2 aliphatic heterocycles. The molecule has 0 saturated heterocycles. The zero-order chi connectivity index (χ0) is 22.1. The van der Waals surface area contributed by atoms with Crippen LogP contribution in [0.1, 0.15) is 38.3 Å². The number of thioether (sulfide) groups is 1. The number of nitrogens with zero attached hydrogens (tertiary/aromatic N) is 3. The van der Waals surface area contributed by atoms with Gasteiger partial charge in [-0.15, -0.1) is 0 Å². The van der Waals surface area contributed by atoms with Crippen LogP contribution in [0.3, 0.4) is 0 Å². The second-order valence-electron chi connectivity index (χ2n) is 8.25. The molecule has 0 aliphatic carbocycles. The Kier molecular flexibility index (Phi) is 5.96. The molecule has 31 heavy (non-hydrogen) atoms. The largest absolute Gasteiger partial charge is 0.325 e. The number of hydrogen-bond donors (Lipinski definition) is 1. The summed E-state index contributed by atoms with van der Waals surface area (Å²) in [6, 6.07) is 14.9. The molecule has 0 fully saturated rings. The van der Waals surface area contributed by atoms with Gasteiger partial charge in [-0.1, -0.05) is 55.9 Å². The van der Waals surface area contributed by atoms with Gasteiger partial charge in [0.25, 0.3) is 5.91 Å². The molecule has 2 aromatic rings. The Morgan fingerprint density at radius 3 is 2.58 bits per heavy atom. The molecule has 0 aromatic heterocycles. The van der Waals surface area contributed by atoms with Gasteiger partial charge in [-0.05, 0) is 49.9 Å². The predicted octanol–water partition coefficient (Wildman–Crippen LogP) is 4.76. The van der Waals surface area contributed by atoms with Gasteiger partial charge in [0, 0.05) is 11.3 Å². The number of aliphatic imine (C=N–C) groups is 2. The summed E-state index contributed by atoms with van der Waals surface area (Å²) in [5, 5.41) is 3.03. The van der Waals surface area contributed by atoms with E-state index in [1.54, 1.807) is 4.90 Å². The molecular formula is C24H26N4O2S. The van der Waals surface area contributed by atoms with Crippen LogP contribution in [0.2, 0.25) is 0 Å². The van der Waals surface area contributed by atoms with Crippen LogP contribution in [-0.4, -0.2) is 39.0 Å². The minimum Gasteiger partial charge on any atom is -0.325 e. The average Bonchev–Trinajstić information content (AvgIpc) is 3.06. The van der Waals surface area contributed by atoms with Gasteiger partial charge in [-0.2, -0.15) is 0 Å². The van der Waals surface area contributed by atoms with Crippen molar-refractivity contribution in [2.45, 2.75) is 45.4 Å². The number of hydrogen-bond acceptors (Lipinski definition) is 5. The molecule has 0 saturated carbocycles. The molecule has 0 bridgehead atoms. The van der Waals surface area contributed by atoms with Crippen LogP contribution in [-0.2, 0) is 9.59 Å². The van der Waals surface area contributed by atoms with Crippen molar-refractivity contribution >= 4 is 46.0 Å². The normalized spacial score (nSPS) is 18.3. The molecule has 2 aliphatic rings. The van der Waals surface area contributed by atoms with Gasteiger partial charge in [0.15, 0.2) is 5.17 Å². The first-order valence-electron chi connectivity index (χ1n) is 10.5. The van der Waals surface area contributed by atoms with Gasteiger partial charge < -0.3 is 5.32 Å². The summed E-state index contributed by atoms with van der Waals surface area (Å²) in [5.74, 6) is 0.776. The number of anilines is 1. The molecule has 2 heterocycles. The highest BCUT2D eigenvalue weighted by atomic mass is 32.2. The van der Waals surface area contributed by atoms with Crippen molar-refractivity contribution in [1.29, 1.82) is 0 Å². The third-order valence-electron chi connectivity index (χ3n) is 5.30. The van der Waals surface area contributed by atoms with E-state index in [-0.39, 0.29) is 11.8 Å². The van der Waals surface area contributed by atoms with Crippen LogP contribution < -0.4 is 5.32 Å². The Morgan fingerprint density at radius 2 is 1.84 bits per heavy atom. The Balaban J connectivity index is 1.60. The zero-order valence-electron chi connectivity index (χ0n) is 18.1. The maximum absolute atomic E-state index is 13.2. The van der Waals surface area contributed by atoms with Crippen molar-refractivity contribution in [3.8, 4) is 0 Å². The molecule has 0 radical (unpaired) electrons. The standard InChI is InChI=1S/C24H26N4O2S/c1-14(2)13-20-23(30)28-21(25-20)17-10-6-8-12-19(17)27-24(28)31-16(4)22(29)26-18-11-7-5-9-15(18)3/h5-12,14,16,20H,13H2,1-4H3,(H,26,29)/t16-,20+/m1/s1. The van der Waals surface area contributed by atoms with Crippen LogP contribution in [0.15, 0.2) is 58.5 Å². The number of fused-ring (bicyclic) bond motifs is 3. The van der Waals surface area contributed by atoms with E-state index < -0.39 is 11.3 Å². The smallest absolute Gasteiger partial charge is 0.259 e. The van der Waals surface area contributed by atoms with Crippen LogP contribution in [0.25, 0.3) is 0 Å². The predicted molar refractivity (Wildman–Crippen MR) is 127 cm³/mol. The Bertz CT molecular complexity index is 1090. The third-order valence-corrected chi connectivity index (χ3v) is 6.35. The van der Waals surface area contributed by atoms with E-state index in [4.69, 9.17) is 9.98 Å². The van der Waals surface area contributed by atoms with Crippen molar-refractivity contribution in [3.05, 3.63) is 59.7 Å². The molecule has 2 atom stereocenters. The molecule has 6 nitrogen and oxygen atoms in total. The number of benzene rings is 2. The number of carbonyl (C=O) groups is 2. The van der Waals surface area contributed by atoms with Gasteiger partial charge in [0.05, 0.1) is 10.9 Å². The first-order valence-corrected chi connectivity index (χ1v) is 11.4. The number of amidine groups is 2. The number of carbonyl (C=O) groups excluding carboxylic acids is 2. The fourth-order valence-corrected chi connectivity index (χ4v) is 4.56. The summed E-state index contributed by atoms with van der Waals surface area (Å²) in [6.07, 6.45) is 0.683. The number of rotatable bonds is 5. The van der Waals surface area contributed by atoms with Crippen molar-refractivity contribution in [2.24, 2.45) is 15.9 Å². The summed E-state index contributed by atoms with van der Waals surface area (Å²) in [6.45, 7) is 7.95. The van der Waals surface area contributed by atoms with Gasteiger partial charge in [-0.3, -0.25) is 14.6 Å². The highest BCUT2D eigenvalue weighted by molar-refractivity contribution is 8.15. The second kappa shape index (κ2) is 8.67. The van der Waals surface area contributed by atoms with Gasteiger partial charge in [0.2, 0.25) is 5.91 Å². The fourth-order valence-electron chi connectivity index (χ4n) is 3.64. The number of aryl methyl sites for hydroxylation is 1.